The number of phenolic OH excluding ortho intramolecular Hbond substituents is 1. The summed E-state index contributed by atoms with van der Waals surface area (Å²) in [6.45, 7) is 1.74. The van der Waals surface area contributed by atoms with Gasteiger partial charge in [0.2, 0.25) is 0 Å². The fourth-order valence-corrected chi connectivity index (χ4v) is 4.66. The van der Waals surface area contributed by atoms with Crippen molar-refractivity contribution in [1.29, 1.82) is 0 Å². The Bertz CT molecular complexity index is 1230. The van der Waals surface area contributed by atoms with Gasteiger partial charge in [-0.1, -0.05) is 24.3 Å². The van der Waals surface area contributed by atoms with Crippen LogP contribution in [0.2, 0.25) is 0 Å². The molecule has 36 heavy (non-hydrogen) atoms. The molecule has 0 aromatic heterocycles. The minimum atomic E-state index is -1.08. The SMILES string of the molecule is C[C@H]1CCCC(=O)CCCC=Cc2cc3c(c(O)c2C(=O)O1)[C@@H](c1ccc(C(=O)O)cc1)CC(=O)O3. The highest BCUT2D eigenvalue weighted by Crippen LogP contribution is 2.47. The van der Waals surface area contributed by atoms with Gasteiger partial charge in [0.05, 0.1) is 18.1 Å². The van der Waals surface area contributed by atoms with Crippen LogP contribution in [0.5, 0.6) is 11.5 Å². The van der Waals surface area contributed by atoms with E-state index in [4.69, 9.17) is 9.47 Å². The molecule has 2 aliphatic rings. The molecule has 0 spiro atoms. The lowest BCUT2D eigenvalue weighted by molar-refractivity contribution is -0.135. The van der Waals surface area contributed by atoms with Crippen molar-refractivity contribution in [2.45, 2.75) is 63.9 Å². The predicted octanol–water partition coefficient (Wildman–Crippen LogP) is 5.01. The number of hydrogen-bond donors (Lipinski definition) is 2. The highest BCUT2D eigenvalue weighted by Gasteiger charge is 2.35. The van der Waals surface area contributed by atoms with Gasteiger partial charge in [-0.3, -0.25) is 9.59 Å². The molecule has 0 bridgehead atoms. The Labute approximate surface area is 208 Å². The second-order valence-corrected chi connectivity index (χ2v) is 9.20. The third-order valence-corrected chi connectivity index (χ3v) is 6.54. The molecular weight excluding hydrogens is 464 g/mol. The van der Waals surface area contributed by atoms with Gasteiger partial charge in [-0.05, 0) is 61.9 Å². The molecule has 2 atom stereocenters. The standard InChI is InChI=1S/C28H28O8/c1-16-6-5-9-20(29)8-4-2-3-7-19-14-22-25(26(31)24(19)28(34)35-16)21(15-23(30)36-22)17-10-12-18(13-11-17)27(32)33/h3,7,10-14,16,21,31H,2,4-6,8-9,15H2,1H3,(H,32,33)/t16-,21+/m0/s1. The maximum Gasteiger partial charge on any atom is 0.342 e. The first-order valence-corrected chi connectivity index (χ1v) is 12.1. The van der Waals surface area contributed by atoms with Crippen LogP contribution >= 0.6 is 0 Å². The Hall–Kier alpha value is -3.94. The van der Waals surface area contributed by atoms with Crippen LogP contribution in [-0.4, -0.2) is 40.0 Å². The van der Waals surface area contributed by atoms with Gasteiger partial charge in [-0.25, -0.2) is 9.59 Å². The number of aromatic carboxylic acids is 1. The minimum Gasteiger partial charge on any atom is -0.507 e. The van der Waals surface area contributed by atoms with Crippen molar-refractivity contribution in [1.82, 2.24) is 0 Å². The van der Waals surface area contributed by atoms with Gasteiger partial charge >= 0.3 is 17.9 Å². The van der Waals surface area contributed by atoms with Crippen molar-refractivity contribution in [3.63, 3.8) is 0 Å². The largest absolute Gasteiger partial charge is 0.507 e. The van der Waals surface area contributed by atoms with E-state index >= 15 is 0 Å². The Kier molecular flexibility index (Phi) is 7.52. The van der Waals surface area contributed by atoms with Crippen molar-refractivity contribution in [2.24, 2.45) is 0 Å². The molecule has 8 heteroatoms. The highest BCUT2D eigenvalue weighted by molar-refractivity contribution is 5.98. The fourth-order valence-electron chi connectivity index (χ4n) is 4.66. The quantitative estimate of drug-likeness (QED) is 0.442. The molecule has 0 unspecified atom stereocenters. The van der Waals surface area contributed by atoms with E-state index < -0.39 is 29.9 Å². The number of Topliss-reactive ketones (excluding diaryl/α,β-unsaturated/α-hetero) is 1. The Morgan fingerprint density at radius 3 is 2.50 bits per heavy atom. The van der Waals surface area contributed by atoms with Crippen molar-refractivity contribution in [3.8, 4) is 11.5 Å². The van der Waals surface area contributed by atoms with E-state index in [9.17, 15) is 29.4 Å². The first-order valence-electron chi connectivity index (χ1n) is 12.1. The summed E-state index contributed by atoms with van der Waals surface area (Å²) in [5.74, 6) is -2.94. The first kappa shape index (κ1) is 25.2. The number of carbonyl (C=O) groups excluding carboxylic acids is 3. The van der Waals surface area contributed by atoms with Gasteiger partial charge in [0.1, 0.15) is 22.8 Å². The van der Waals surface area contributed by atoms with Crippen LogP contribution in [0.4, 0.5) is 0 Å². The molecule has 188 valence electrons. The van der Waals surface area contributed by atoms with Crippen LogP contribution in [0.3, 0.4) is 0 Å². The van der Waals surface area contributed by atoms with E-state index in [-0.39, 0.29) is 40.4 Å². The lowest BCUT2D eigenvalue weighted by atomic mass is 9.83. The number of allylic oxidation sites excluding steroid dienone is 1. The summed E-state index contributed by atoms with van der Waals surface area (Å²) in [5.41, 5.74) is 1.31. The zero-order valence-corrected chi connectivity index (χ0v) is 20.0. The van der Waals surface area contributed by atoms with Crippen molar-refractivity contribution in [2.75, 3.05) is 0 Å². The summed E-state index contributed by atoms with van der Waals surface area (Å²) in [6.07, 6.45) is 6.25. The smallest absolute Gasteiger partial charge is 0.342 e. The number of carbonyl (C=O) groups is 4. The molecule has 0 saturated carbocycles. The molecule has 2 aromatic carbocycles. The van der Waals surface area contributed by atoms with Crippen LogP contribution in [0.25, 0.3) is 6.08 Å². The first-order chi connectivity index (χ1) is 17.2. The fraction of sp³-hybridized carbons (Fsp3) is 0.357. The average molecular weight is 493 g/mol. The molecule has 0 fully saturated rings. The lowest BCUT2D eigenvalue weighted by Gasteiger charge is -2.27. The van der Waals surface area contributed by atoms with Crippen LogP contribution in [0.1, 0.15) is 95.2 Å². The summed E-state index contributed by atoms with van der Waals surface area (Å²) in [6, 6.07) is 7.57. The molecule has 0 aliphatic carbocycles. The third-order valence-electron chi connectivity index (χ3n) is 6.54. The van der Waals surface area contributed by atoms with E-state index in [1.807, 2.05) is 6.08 Å². The van der Waals surface area contributed by atoms with Gasteiger partial charge in [-0.15, -0.1) is 0 Å². The van der Waals surface area contributed by atoms with E-state index in [1.165, 1.54) is 12.1 Å². The predicted molar refractivity (Wildman–Crippen MR) is 130 cm³/mol. The highest BCUT2D eigenvalue weighted by atomic mass is 16.5. The minimum absolute atomic E-state index is 0.0184. The van der Waals surface area contributed by atoms with Gasteiger partial charge in [0.25, 0.3) is 0 Å². The number of aromatic hydroxyl groups is 1. The summed E-state index contributed by atoms with van der Waals surface area (Å²) in [5, 5.41) is 20.6. The van der Waals surface area contributed by atoms with Crippen molar-refractivity contribution in [3.05, 3.63) is 64.2 Å². The van der Waals surface area contributed by atoms with Gasteiger partial charge in [0, 0.05) is 24.3 Å². The van der Waals surface area contributed by atoms with E-state index in [1.54, 1.807) is 31.2 Å². The normalized spacial score (nSPS) is 21.0. The molecule has 0 radical (unpaired) electrons. The maximum atomic E-state index is 13.2. The number of carboxylic acids is 1. The summed E-state index contributed by atoms with van der Waals surface area (Å²) < 4.78 is 11.1. The molecule has 2 aliphatic heterocycles. The van der Waals surface area contributed by atoms with E-state index in [0.29, 0.717) is 49.7 Å². The Morgan fingerprint density at radius 2 is 1.78 bits per heavy atom. The third kappa shape index (κ3) is 5.48. The Morgan fingerprint density at radius 1 is 1.06 bits per heavy atom. The number of benzene rings is 2. The van der Waals surface area contributed by atoms with Crippen molar-refractivity contribution < 1.29 is 38.9 Å². The molecular formula is C28H28O8. The molecule has 4 rings (SSSR count). The molecule has 0 amide bonds. The number of ketones is 1. The van der Waals surface area contributed by atoms with Crippen LogP contribution in [0.15, 0.2) is 36.4 Å². The topological polar surface area (TPSA) is 127 Å². The number of cyclic esters (lactones) is 1. The molecule has 2 heterocycles. The zero-order chi connectivity index (χ0) is 25.8. The number of rotatable bonds is 2. The monoisotopic (exact) mass is 492 g/mol. The van der Waals surface area contributed by atoms with E-state index in [2.05, 4.69) is 0 Å². The van der Waals surface area contributed by atoms with Gasteiger partial charge in [-0.2, -0.15) is 0 Å². The second-order valence-electron chi connectivity index (χ2n) is 9.20. The number of carboxylic acid groups (broad SMARTS) is 1. The van der Waals surface area contributed by atoms with Crippen LogP contribution < -0.4 is 4.74 Å². The van der Waals surface area contributed by atoms with Crippen LogP contribution in [-0.2, 0) is 14.3 Å². The summed E-state index contributed by atoms with van der Waals surface area (Å²) >= 11 is 0. The van der Waals surface area contributed by atoms with Gasteiger partial charge in [0.15, 0.2) is 0 Å². The van der Waals surface area contributed by atoms with Crippen molar-refractivity contribution >= 4 is 29.8 Å². The number of hydrogen-bond acceptors (Lipinski definition) is 7. The molecule has 0 saturated heterocycles. The number of fused-ring (bicyclic) bond motifs is 2. The number of esters is 2. The molecule has 2 aromatic rings. The van der Waals surface area contributed by atoms with Gasteiger partial charge < -0.3 is 19.7 Å². The second kappa shape index (κ2) is 10.8. The molecule has 8 nitrogen and oxygen atoms in total. The van der Waals surface area contributed by atoms with Crippen LogP contribution in [0, 0.1) is 0 Å². The maximum absolute atomic E-state index is 13.2. The van der Waals surface area contributed by atoms with E-state index in [0.717, 1.165) is 0 Å². The lowest BCUT2D eigenvalue weighted by Crippen LogP contribution is -2.23. The Balaban J connectivity index is 1.80. The summed E-state index contributed by atoms with van der Waals surface area (Å²) in [4.78, 5) is 48.9. The number of ether oxygens (including phenoxy) is 2. The zero-order valence-electron chi connectivity index (χ0n) is 20.0. The summed E-state index contributed by atoms with van der Waals surface area (Å²) in [7, 11) is 0. The average Bonchev–Trinajstić information content (AvgIpc) is 2.82. The molecule has 2 N–H and O–H groups in total. The number of phenols is 1.